The first kappa shape index (κ1) is 26.3. The number of rotatable bonds is 7. The van der Waals surface area contributed by atoms with E-state index in [0.29, 0.717) is 33.6 Å². The number of nitrogens with two attached hydrogens (primary N) is 1. The van der Waals surface area contributed by atoms with Gasteiger partial charge in [0.15, 0.2) is 5.82 Å². The molecule has 2 aliphatic rings. The van der Waals surface area contributed by atoms with Crippen molar-refractivity contribution in [1.29, 1.82) is 0 Å². The normalized spacial score (nSPS) is 20.8. The lowest BCUT2D eigenvalue weighted by atomic mass is 9.95. The number of pyridine rings is 1. The van der Waals surface area contributed by atoms with Gasteiger partial charge in [-0.15, -0.1) is 11.3 Å². The zero-order chi connectivity index (χ0) is 26.2. The molecule has 37 heavy (non-hydrogen) atoms. The fraction of sp³-hybridized carbons (Fsp3) is 0.348. The maximum Gasteiger partial charge on any atom is 0.333 e. The van der Waals surface area contributed by atoms with E-state index >= 15 is 0 Å². The highest BCUT2D eigenvalue weighted by atomic mass is 35.5. The molecule has 0 amide bonds. The predicted molar refractivity (Wildman–Crippen MR) is 141 cm³/mol. The Hall–Kier alpha value is -2.32. The molecule has 1 aliphatic carbocycles. The van der Waals surface area contributed by atoms with Gasteiger partial charge in [0.25, 0.3) is 0 Å². The quantitative estimate of drug-likeness (QED) is 0.316. The molecule has 0 radical (unpaired) electrons. The third kappa shape index (κ3) is 6.06. The summed E-state index contributed by atoms with van der Waals surface area (Å²) in [6.45, 7) is 0.732. The Morgan fingerprint density at radius 3 is 2.95 bits per heavy atom. The average molecular weight is 582 g/mol. The van der Waals surface area contributed by atoms with Crippen LogP contribution in [0.3, 0.4) is 0 Å². The highest BCUT2D eigenvalue weighted by Crippen LogP contribution is 2.39. The third-order valence-corrected chi connectivity index (χ3v) is 8.34. The van der Waals surface area contributed by atoms with Crippen LogP contribution in [-0.4, -0.2) is 48.0 Å². The lowest BCUT2D eigenvalue weighted by molar-refractivity contribution is 0.104. The largest absolute Gasteiger partial charge is 0.333 e. The van der Waals surface area contributed by atoms with E-state index in [4.69, 9.17) is 32.5 Å². The van der Waals surface area contributed by atoms with Gasteiger partial charge in [-0.05, 0) is 49.3 Å². The number of aromatic nitrogens is 3. The van der Waals surface area contributed by atoms with Gasteiger partial charge in [-0.1, -0.05) is 29.3 Å². The van der Waals surface area contributed by atoms with Gasteiger partial charge >= 0.3 is 10.3 Å². The van der Waals surface area contributed by atoms with E-state index in [0.717, 1.165) is 35.5 Å². The Morgan fingerprint density at radius 2 is 2.14 bits per heavy atom. The first-order valence-electron chi connectivity index (χ1n) is 11.4. The van der Waals surface area contributed by atoms with Crippen molar-refractivity contribution in [1.82, 2.24) is 20.3 Å². The van der Waals surface area contributed by atoms with Crippen LogP contribution < -0.4 is 10.5 Å². The summed E-state index contributed by atoms with van der Waals surface area (Å²) in [4.78, 5) is 31.3. The molecular formula is C23H22Cl2N6O4S2. The molecule has 3 aromatic rings. The second kappa shape index (κ2) is 10.8. The van der Waals surface area contributed by atoms with Crippen LogP contribution in [0.2, 0.25) is 9.49 Å². The number of ketones is 1. The van der Waals surface area contributed by atoms with Gasteiger partial charge in [0.1, 0.15) is 11.5 Å². The van der Waals surface area contributed by atoms with Crippen molar-refractivity contribution in [2.75, 3.05) is 13.2 Å². The summed E-state index contributed by atoms with van der Waals surface area (Å²) in [5, 5.41) is 8.73. The summed E-state index contributed by atoms with van der Waals surface area (Å²) < 4.78 is 27.3. The van der Waals surface area contributed by atoms with E-state index in [-0.39, 0.29) is 35.7 Å². The van der Waals surface area contributed by atoms with Gasteiger partial charge in [0.2, 0.25) is 5.78 Å². The third-order valence-electron chi connectivity index (χ3n) is 6.28. The first-order chi connectivity index (χ1) is 17.7. The molecule has 1 saturated carbocycles. The van der Waals surface area contributed by atoms with Crippen molar-refractivity contribution >= 4 is 62.2 Å². The van der Waals surface area contributed by atoms with Crippen LogP contribution in [0.4, 0.5) is 5.82 Å². The van der Waals surface area contributed by atoms with Crippen LogP contribution in [0.1, 0.15) is 57.4 Å². The summed E-state index contributed by atoms with van der Waals surface area (Å²) in [7, 11) is -3.99. The van der Waals surface area contributed by atoms with Gasteiger partial charge in [-0.25, -0.2) is 25.1 Å². The van der Waals surface area contributed by atoms with Crippen LogP contribution in [0, 0.1) is 5.92 Å². The zero-order valence-corrected chi connectivity index (χ0v) is 22.5. The van der Waals surface area contributed by atoms with Crippen molar-refractivity contribution in [3.05, 3.63) is 67.5 Å². The fourth-order valence-corrected chi connectivity index (χ4v) is 6.36. The molecule has 5 rings (SSSR count). The summed E-state index contributed by atoms with van der Waals surface area (Å²) in [6.07, 6.45) is 5.44. The summed E-state index contributed by atoms with van der Waals surface area (Å²) in [5.41, 5.74) is 3.69. The molecule has 2 atom stereocenters. The number of hydrogen-bond acceptors (Lipinski definition) is 10. The number of nitrogens with one attached hydrogen (secondary N) is 1. The second-order valence-corrected chi connectivity index (χ2v) is 12.1. The monoisotopic (exact) mass is 580 g/mol. The van der Waals surface area contributed by atoms with E-state index in [1.54, 1.807) is 12.1 Å². The van der Waals surface area contributed by atoms with E-state index in [1.165, 1.54) is 23.9 Å². The molecule has 0 aromatic carbocycles. The molecular weight excluding hydrogens is 559 g/mol. The van der Waals surface area contributed by atoms with Crippen molar-refractivity contribution in [3.63, 3.8) is 0 Å². The molecule has 0 saturated heterocycles. The molecule has 10 nitrogen and oxygen atoms in total. The number of fused-ring (bicyclic) bond motifs is 1. The SMILES string of the molecule is NS(=O)(=O)OC[C@@H]1CCC(=Nc2ncncc2C(=O)c2cc(C3NCCc4ccc(Cl)nc43)c(Cl)s2)C1. The second-order valence-electron chi connectivity index (χ2n) is 8.81. The van der Waals surface area contributed by atoms with E-state index in [1.807, 2.05) is 6.07 Å². The van der Waals surface area contributed by atoms with Crippen molar-refractivity contribution < 1.29 is 17.4 Å². The molecule has 1 unspecified atom stereocenters. The Bertz CT molecular complexity index is 1490. The summed E-state index contributed by atoms with van der Waals surface area (Å²) in [6, 6.07) is 5.22. The molecule has 194 valence electrons. The summed E-state index contributed by atoms with van der Waals surface area (Å²) >= 11 is 13.9. The number of aliphatic imine (C=N–C) groups is 1. The van der Waals surface area contributed by atoms with Crippen molar-refractivity contribution in [2.24, 2.45) is 16.0 Å². The molecule has 0 bridgehead atoms. The van der Waals surface area contributed by atoms with Gasteiger partial charge in [-0.2, -0.15) is 8.42 Å². The fourth-order valence-electron chi connectivity index (χ4n) is 4.53. The average Bonchev–Trinajstić information content (AvgIpc) is 3.48. The number of halogens is 2. The van der Waals surface area contributed by atoms with E-state index in [9.17, 15) is 13.2 Å². The van der Waals surface area contributed by atoms with Crippen LogP contribution in [0.25, 0.3) is 0 Å². The van der Waals surface area contributed by atoms with Crippen LogP contribution in [-0.2, 0) is 20.9 Å². The van der Waals surface area contributed by atoms with E-state index < -0.39 is 10.3 Å². The number of thiophene rings is 1. The molecule has 0 spiro atoms. The Balaban J connectivity index is 1.39. The van der Waals surface area contributed by atoms with Gasteiger partial charge in [-0.3, -0.25) is 8.98 Å². The van der Waals surface area contributed by atoms with Crippen molar-refractivity contribution in [2.45, 2.75) is 31.7 Å². The minimum Gasteiger partial charge on any atom is -0.305 e. The van der Waals surface area contributed by atoms with Gasteiger partial charge in [0, 0.05) is 24.0 Å². The standard InChI is InChI=1S/C23H22Cl2N6O4S2/c24-18-4-2-13-5-6-28-20(19(13)31-18)15-8-17(36-22(15)25)21(32)16-9-27-11-29-23(16)30-14-3-1-12(7-14)10-35-37(26,33)34/h2,4,8-9,11-12,20,28H,1,3,5-7,10H2,(H2,26,33,34)/t12-,20?/m1/s1. The number of hydrogen-bond donors (Lipinski definition) is 2. The van der Waals surface area contributed by atoms with Crippen LogP contribution in [0.15, 0.2) is 35.7 Å². The highest BCUT2D eigenvalue weighted by molar-refractivity contribution is 7.84. The van der Waals surface area contributed by atoms with Crippen LogP contribution in [0.5, 0.6) is 0 Å². The van der Waals surface area contributed by atoms with Crippen LogP contribution >= 0.6 is 34.5 Å². The lowest BCUT2D eigenvalue weighted by Crippen LogP contribution is -2.31. The number of carbonyl (C=O) groups excluding carboxylic acids is 1. The zero-order valence-electron chi connectivity index (χ0n) is 19.4. The van der Waals surface area contributed by atoms with Crippen molar-refractivity contribution in [3.8, 4) is 0 Å². The smallest absolute Gasteiger partial charge is 0.305 e. The summed E-state index contributed by atoms with van der Waals surface area (Å²) in [5.74, 6) is -0.0753. The molecule has 4 heterocycles. The topological polar surface area (TPSA) is 150 Å². The Morgan fingerprint density at radius 1 is 1.30 bits per heavy atom. The molecule has 3 N–H and O–H groups in total. The van der Waals surface area contributed by atoms with Gasteiger partial charge in [0.05, 0.1) is 33.1 Å². The molecule has 1 fully saturated rings. The minimum atomic E-state index is -3.99. The Kier molecular flexibility index (Phi) is 7.68. The maximum atomic E-state index is 13.5. The highest BCUT2D eigenvalue weighted by Gasteiger charge is 2.29. The predicted octanol–water partition coefficient (Wildman–Crippen LogP) is 3.80. The molecule has 14 heteroatoms. The molecule has 3 aromatic heterocycles. The number of carbonyl (C=O) groups is 1. The Labute approximate surface area is 227 Å². The van der Waals surface area contributed by atoms with Gasteiger partial charge < -0.3 is 5.32 Å². The first-order valence-corrected chi connectivity index (χ1v) is 14.5. The maximum absolute atomic E-state index is 13.5. The van der Waals surface area contributed by atoms with E-state index in [2.05, 4.69) is 25.3 Å². The number of nitrogens with zero attached hydrogens (tertiary/aromatic N) is 4. The molecule has 1 aliphatic heterocycles. The lowest BCUT2D eigenvalue weighted by Gasteiger charge is -2.25. The minimum absolute atomic E-state index is 0.0116.